The number of pyridine rings is 1. The predicted molar refractivity (Wildman–Crippen MR) is 81.3 cm³/mol. The fourth-order valence-electron chi connectivity index (χ4n) is 1.89. The van der Waals surface area contributed by atoms with Crippen molar-refractivity contribution in [3.63, 3.8) is 0 Å². The second-order valence-corrected chi connectivity index (χ2v) is 5.29. The van der Waals surface area contributed by atoms with Gasteiger partial charge in [-0.05, 0) is 24.6 Å². The summed E-state index contributed by atoms with van der Waals surface area (Å²) in [5.41, 5.74) is -1.79. The lowest BCUT2D eigenvalue weighted by atomic mass is 10.1. The summed E-state index contributed by atoms with van der Waals surface area (Å²) >= 11 is 5.59. The third-order valence-electron chi connectivity index (χ3n) is 3.12. The Labute approximate surface area is 139 Å². The van der Waals surface area contributed by atoms with Crippen molar-refractivity contribution in [1.82, 2.24) is 4.98 Å². The van der Waals surface area contributed by atoms with E-state index in [0.29, 0.717) is 11.6 Å². The van der Waals surface area contributed by atoms with E-state index in [4.69, 9.17) is 11.6 Å². The first kappa shape index (κ1) is 18.0. The van der Waals surface area contributed by atoms with Gasteiger partial charge >= 0.3 is 6.18 Å². The summed E-state index contributed by atoms with van der Waals surface area (Å²) in [5, 5.41) is 22.3. The summed E-state index contributed by atoms with van der Waals surface area (Å²) in [6.45, 7) is 1.53. The van der Waals surface area contributed by atoms with Crippen LogP contribution in [-0.2, 0) is 6.18 Å². The van der Waals surface area contributed by atoms with Gasteiger partial charge < -0.3 is 10.4 Å². The van der Waals surface area contributed by atoms with E-state index in [1.165, 1.54) is 25.3 Å². The number of alkyl halides is 3. The van der Waals surface area contributed by atoms with E-state index in [9.17, 15) is 28.4 Å². The SMILES string of the molecule is CC(O)c1ccc(Nc2cc(Cl)c(C(F)(F)F)cc2[N+](=O)[O-])nc1. The van der Waals surface area contributed by atoms with E-state index in [-0.39, 0.29) is 11.5 Å². The molecule has 1 aromatic carbocycles. The summed E-state index contributed by atoms with van der Waals surface area (Å²) in [4.78, 5) is 14.0. The van der Waals surface area contributed by atoms with Crippen LogP contribution in [0.25, 0.3) is 0 Å². The van der Waals surface area contributed by atoms with Crippen molar-refractivity contribution >= 4 is 28.8 Å². The maximum atomic E-state index is 12.8. The Hall–Kier alpha value is -2.39. The molecular weight excluding hydrogens is 351 g/mol. The molecule has 0 spiro atoms. The fourth-order valence-corrected chi connectivity index (χ4v) is 2.17. The molecule has 1 atom stereocenters. The molecule has 128 valence electrons. The number of anilines is 2. The average Bonchev–Trinajstić information content (AvgIpc) is 2.46. The topological polar surface area (TPSA) is 88.3 Å². The zero-order valence-corrected chi connectivity index (χ0v) is 12.9. The molecule has 0 bridgehead atoms. The van der Waals surface area contributed by atoms with Gasteiger partial charge in [-0.3, -0.25) is 10.1 Å². The number of nitrogens with one attached hydrogen (secondary N) is 1. The molecule has 0 fully saturated rings. The van der Waals surface area contributed by atoms with Crippen molar-refractivity contribution in [1.29, 1.82) is 0 Å². The monoisotopic (exact) mass is 361 g/mol. The molecule has 24 heavy (non-hydrogen) atoms. The van der Waals surface area contributed by atoms with Crippen LogP contribution in [0.15, 0.2) is 30.5 Å². The lowest BCUT2D eigenvalue weighted by Gasteiger charge is -2.12. The highest BCUT2D eigenvalue weighted by molar-refractivity contribution is 6.31. The van der Waals surface area contributed by atoms with Gasteiger partial charge in [0.1, 0.15) is 11.5 Å². The number of nitrogens with zero attached hydrogens (tertiary/aromatic N) is 2. The minimum atomic E-state index is -4.81. The van der Waals surface area contributed by atoms with Gasteiger partial charge in [0, 0.05) is 12.3 Å². The molecule has 0 aliphatic carbocycles. The lowest BCUT2D eigenvalue weighted by molar-refractivity contribution is -0.384. The Morgan fingerprint density at radius 3 is 2.50 bits per heavy atom. The maximum absolute atomic E-state index is 12.8. The second kappa shape index (κ2) is 6.62. The number of aromatic nitrogens is 1. The standard InChI is InChI=1S/C14H11ClF3N3O3/c1-7(22)8-2-3-13(19-6-8)20-11-5-10(15)9(14(16,17)18)4-12(11)21(23)24/h2-7,22H,1H3,(H,19,20). The zero-order valence-electron chi connectivity index (χ0n) is 12.1. The molecule has 2 aromatic rings. The van der Waals surface area contributed by atoms with Gasteiger partial charge in [0.25, 0.3) is 5.69 Å². The van der Waals surface area contributed by atoms with E-state index in [0.717, 1.165) is 6.07 Å². The van der Waals surface area contributed by atoms with Crippen LogP contribution in [0.2, 0.25) is 5.02 Å². The van der Waals surface area contributed by atoms with Gasteiger partial charge in [-0.2, -0.15) is 13.2 Å². The average molecular weight is 362 g/mol. The quantitative estimate of drug-likeness (QED) is 0.620. The molecule has 1 unspecified atom stereocenters. The van der Waals surface area contributed by atoms with Gasteiger partial charge in [-0.25, -0.2) is 4.98 Å². The number of nitro groups is 1. The third-order valence-corrected chi connectivity index (χ3v) is 3.43. The minimum Gasteiger partial charge on any atom is -0.389 e. The number of halogens is 4. The van der Waals surface area contributed by atoms with E-state index < -0.39 is 33.5 Å². The number of hydrogen-bond acceptors (Lipinski definition) is 5. The van der Waals surface area contributed by atoms with E-state index in [1.54, 1.807) is 0 Å². The highest BCUT2D eigenvalue weighted by Crippen LogP contribution is 2.40. The molecule has 6 nitrogen and oxygen atoms in total. The number of benzene rings is 1. The van der Waals surface area contributed by atoms with Crippen molar-refractivity contribution < 1.29 is 23.2 Å². The van der Waals surface area contributed by atoms with Crippen LogP contribution in [-0.4, -0.2) is 15.0 Å². The number of nitro benzene ring substituents is 1. The largest absolute Gasteiger partial charge is 0.418 e. The Morgan fingerprint density at radius 1 is 1.38 bits per heavy atom. The molecule has 0 aliphatic heterocycles. The van der Waals surface area contributed by atoms with E-state index in [1.807, 2.05) is 0 Å². The molecule has 0 radical (unpaired) electrons. The Balaban J connectivity index is 2.42. The van der Waals surface area contributed by atoms with Gasteiger partial charge in [0.2, 0.25) is 0 Å². The summed E-state index contributed by atoms with van der Waals surface area (Å²) in [7, 11) is 0. The summed E-state index contributed by atoms with van der Waals surface area (Å²) in [6.07, 6.45) is -4.22. The van der Waals surface area contributed by atoms with E-state index in [2.05, 4.69) is 10.3 Å². The van der Waals surface area contributed by atoms with Crippen molar-refractivity contribution in [2.24, 2.45) is 0 Å². The number of rotatable bonds is 4. The minimum absolute atomic E-state index is 0.151. The fraction of sp³-hybridized carbons (Fsp3) is 0.214. The van der Waals surface area contributed by atoms with Gasteiger partial charge in [-0.15, -0.1) is 0 Å². The second-order valence-electron chi connectivity index (χ2n) is 4.88. The Kier molecular flexibility index (Phi) is 4.95. The van der Waals surface area contributed by atoms with Gasteiger partial charge in [0.05, 0.1) is 21.6 Å². The summed E-state index contributed by atoms with van der Waals surface area (Å²) in [6, 6.07) is 4.15. The number of hydrogen-bond donors (Lipinski definition) is 2. The Morgan fingerprint density at radius 2 is 2.04 bits per heavy atom. The van der Waals surface area contributed by atoms with Crippen LogP contribution < -0.4 is 5.32 Å². The maximum Gasteiger partial charge on any atom is 0.418 e. The third kappa shape index (κ3) is 3.92. The van der Waals surface area contributed by atoms with Crippen LogP contribution in [0.3, 0.4) is 0 Å². The van der Waals surface area contributed by atoms with Crippen molar-refractivity contribution in [2.75, 3.05) is 5.32 Å². The first-order valence-corrected chi connectivity index (χ1v) is 6.93. The predicted octanol–water partition coefficient (Wildman–Crippen LogP) is 4.46. The van der Waals surface area contributed by atoms with Crippen LogP contribution in [0.4, 0.5) is 30.4 Å². The first-order valence-electron chi connectivity index (χ1n) is 6.55. The zero-order chi connectivity index (χ0) is 18.1. The molecular formula is C14H11ClF3N3O3. The Bertz CT molecular complexity index is 764. The van der Waals surface area contributed by atoms with Crippen LogP contribution in [0.1, 0.15) is 24.2 Å². The normalized spacial score (nSPS) is 12.8. The van der Waals surface area contributed by atoms with Crippen molar-refractivity contribution in [2.45, 2.75) is 19.2 Å². The molecule has 0 amide bonds. The highest BCUT2D eigenvalue weighted by Gasteiger charge is 2.36. The molecule has 2 N–H and O–H groups in total. The number of aliphatic hydroxyl groups excluding tert-OH is 1. The molecule has 0 saturated carbocycles. The van der Waals surface area contributed by atoms with E-state index >= 15 is 0 Å². The smallest absolute Gasteiger partial charge is 0.389 e. The van der Waals surface area contributed by atoms with Crippen LogP contribution >= 0.6 is 11.6 Å². The van der Waals surface area contributed by atoms with Crippen LogP contribution in [0.5, 0.6) is 0 Å². The molecule has 1 heterocycles. The summed E-state index contributed by atoms with van der Waals surface area (Å²) < 4.78 is 38.4. The van der Waals surface area contributed by atoms with Crippen LogP contribution in [0, 0.1) is 10.1 Å². The summed E-state index contributed by atoms with van der Waals surface area (Å²) in [5.74, 6) is 0.151. The number of aliphatic hydroxyl groups is 1. The highest BCUT2D eigenvalue weighted by atomic mass is 35.5. The molecule has 0 aliphatic rings. The van der Waals surface area contributed by atoms with Crippen molar-refractivity contribution in [3.05, 3.63) is 56.7 Å². The lowest BCUT2D eigenvalue weighted by Crippen LogP contribution is -2.08. The molecule has 0 saturated heterocycles. The van der Waals surface area contributed by atoms with Crippen molar-refractivity contribution in [3.8, 4) is 0 Å². The molecule has 2 rings (SSSR count). The molecule has 1 aromatic heterocycles. The first-order chi connectivity index (χ1) is 11.1. The molecule has 10 heteroatoms. The van der Waals surface area contributed by atoms with Gasteiger partial charge in [0.15, 0.2) is 0 Å². The van der Waals surface area contributed by atoms with Gasteiger partial charge in [-0.1, -0.05) is 17.7 Å².